The third kappa shape index (κ3) is 3.42. The molecule has 0 aliphatic heterocycles. The van der Waals surface area contributed by atoms with Crippen LogP contribution in [0.25, 0.3) is 0 Å². The highest BCUT2D eigenvalue weighted by molar-refractivity contribution is 6.30. The van der Waals surface area contributed by atoms with Gasteiger partial charge >= 0.3 is 5.69 Å². The number of rotatable bonds is 4. The summed E-state index contributed by atoms with van der Waals surface area (Å²) in [7, 11) is 0. The number of hydrogen-bond acceptors (Lipinski definition) is 4. The van der Waals surface area contributed by atoms with Crippen LogP contribution < -0.4 is 10.4 Å². The Labute approximate surface area is 114 Å². The Bertz CT molecular complexity index is 650. The summed E-state index contributed by atoms with van der Waals surface area (Å²) in [6.45, 7) is 1.50. The molecule has 19 heavy (non-hydrogen) atoms. The first-order valence-corrected chi connectivity index (χ1v) is 5.90. The molecule has 0 saturated heterocycles. The molecule has 6 heteroatoms. The van der Waals surface area contributed by atoms with Gasteiger partial charge in [0, 0.05) is 11.8 Å². The first-order valence-electron chi connectivity index (χ1n) is 5.52. The maximum Gasteiger partial charge on any atom is 0.350 e. The largest absolute Gasteiger partial charge is 0.473 e. The summed E-state index contributed by atoms with van der Waals surface area (Å²) in [5.74, 6) is 0.540. The van der Waals surface area contributed by atoms with Crippen LogP contribution in [0.1, 0.15) is 17.3 Å². The SMILES string of the molecule is CC(=O)c1ccc(OCn2cc(Cl)cnc2=O)cc1. The van der Waals surface area contributed by atoms with Crippen molar-refractivity contribution in [3.05, 3.63) is 57.7 Å². The van der Waals surface area contributed by atoms with E-state index in [1.807, 2.05) is 0 Å². The summed E-state index contributed by atoms with van der Waals surface area (Å²) >= 11 is 5.74. The summed E-state index contributed by atoms with van der Waals surface area (Å²) < 4.78 is 6.67. The molecule has 0 fully saturated rings. The lowest BCUT2D eigenvalue weighted by Crippen LogP contribution is -2.24. The minimum absolute atomic E-state index is 0.00577. The zero-order valence-electron chi connectivity index (χ0n) is 10.2. The topological polar surface area (TPSA) is 61.2 Å². The third-order valence-electron chi connectivity index (χ3n) is 2.45. The molecule has 0 unspecified atom stereocenters. The van der Waals surface area contributed by atoms with Crippen LogP contribution in [0, 0.1) is 0 Å². The monoisotopic (exact) mass is 278 g/mol. The highest BCUT2D eigenvalue weighted by atomic mass is 35.5. The standard InChI is InChI=1S/C13H11ClN2O3/c1-9(17)10-2-4-12(5-3-10)19-8-16-7-11(14)6-15-13(16)18/h2-7H,8H2,1H3. The zero-order valence-corrected chi connectivity index (χ0v) is 10.9. The number of aromatic nitrogens is 2. The van der Waals surface area contributed by atoms with Gasteiger partial charge in [-0.15, -0.1) is 0 Å². The quantitative estimate of drug-likeness (QED) is 0.804. The van der Waals surface area contributed by atoms with E-state index >= 15 is 0 Å². The van der Waals surface area contributed by atoms with Crippen LogP contribution in [0.3, 0.4) is 0 Å². The van der Waals surface area contributed by atoms with Crippen molar-refractivity contribution >= 4 is 17.4 Å². The molecular weight excluding hydrogens is 268 g/mol. The van der Waals surface area contributed by atoms with Crippen LogP contribution in [0.15, 0.2) is 41.5 Å². The summed E-state index contributed by atoms with van der Waals surface area (Å²) in [4.78, 5) is 26.1. The average Bonchev–Trinajstić information content (AvgIpc) is 2.40. The van der Waals surface area contributed by atoms with E-state index in [0.717, 1.165) is 0 Å². The van der Waals surface area contributed by atoms with E-state index in [0.29, 0.717) is 16.3 Å². The van der Waals surface area contributed by atoms with Crippen molar-refractivity contribution in [3.8, 4) is 5.75 Å². The lowest BCUT2D eigenvalue weighted by Gasteiger charge is -2.08. The maximum absolute atomic E-state index is 11.4. The van der Waals surface area contributed by atoms with Crippen LogP contribution in [-0.2, 0) is 6.73 Å². The minimum Gasteiger partial charge on any atom is -0.473 e. The van der Waals surface area contributed by atoms with Crippen molar-refractivity contribution in [3.63, 3.8) is 0 Å². The van der Waals surface area contributed by atoms with Gasteiger partial charge in [0.1, 0.15) is 5.75 Å². The number of benzene rings is 1. The lowest BCUT2D eigenvalue weighted by atomic mass is 10.1. The molecule has 0 aliphatic rings. The fourth-order valence-electron chi connectivity index (χ4n) is 1.45. The molecule has 0 spiro atoms. The summed E-state index contributed by atoms with van der Waals surface area (Å²) in [5, 5.41) is 0.357. The van der Waals surface area contributed by atoms with E-state index in [9.17, 15) is 9.59 Å². The fourth-order valence-corrected chi connectivity index (χ4v) is 1.62. The van der Waals surface area contributed by atoms with E-state index in [2.05, 4.69) is 4.98 Å². The lowest BCUT2D eigenvalue weighted by molar-refractivity contribution is 0.101. The van der Waals surface area contributed by atoms with Crippen LogP contribution in [0.2, 0.25) is 5.02 Å². The number of ketones is 1. The Morgan fingerprint density at radius 3 is 2.68 bits per heavy atom. The van der Waals surface area contributed by atoms with Crippen molar-refractivity contribution in [2.45, 2.75) is 13.7 Å². The van der Waals surface area contributed by atoms with Gasteiger partial charge in [0.25, 0.3) is 0 Å². The molecule has 2 rings (SSSR count). The van der Waals surface area contributed by atoms with Gasteiger partial charge in [0.15, 0.2) is 12.5 Å². The third-order valence-corrected chi connectivity index (χ3v) is 2.65. The molecule has 5 nitrogen and oxygen atoms in total. The van der Waals surface area contributed by atoms with Gasteiger partial charge in [-0.1, -0.05) is 11.6 Å². The molecule has 0 N–H and O–H groups in total. The summed E-state index contributed by atoms with van der Waals surface area (Å²) in [6, 6.07) is 6.66. The molecule has 1 heterocycles. The Balaban J connectivity index is 2.08. The Hall–Kier alpha value is -2.14. The van der Waals surface area contributed by atoms with Gasteiger partial charge in [0.05, 0.1) is 11.2 Å². The minimum atomic E-state index is -0.440. The predicted molar refractivity (Wildman–Crippen MR) is 70.6 cm³/mol. The van der Waals surface area contributed by atoms with E-state index in [4.69, 9.17) is 16.3 Å². The number of Topliss-reactive ketones (excluding diaryl/α,β-unsaturated/α-hetero) is 1. The van der Waals surface area contributed by atoms with E-state index < -0.39 is 5.69 Å². The van der Waals surface area contributed by atoms with E-state index in [-0.39, 0.29) is 12.5 Å². The molecule has 0 saturated carbocycles. The first-order chi connectivity index (χ1) is 9.06. The van der Waals surface area contributed by atoms with Crippen molar-refractivity contribution in [2.75, 3.05) is 0 Å². The summed E-state index contributed by atoms with van der Waals surface area (Å²) in [5.41, 5.74) is 0.165. The average molecular weight is 279 g/mol. The van der Waals surface area contributed by atoms with Gasteiger partial charge in [0.2, 0.25) is 0 Å². The second-order valence-electron chi connectivity index (χ2n) is 3.88. The predicted octanol–water partition coefficient (Wildman–Crippen LogP) is 2.14. The van der Waals surface area contributed by atoms with Gasteiger partial charge in [-0.25, -0.2) is 4.79 Å². The van der Waals surface area contributed by atoms with Gasteiger partial charge in [-0.2, -0.15) is 4.98 Å². The molecule has 0 radical (unpaired) electrons. The Morgan fingerprint density at radius 2 is 2.05 bits per heavy atom. The van der Waals surface area contributed by atoms with Gasteiger partial charge in [-0.05, 0) is 31.2 Å². The molecule has 1 aromatic heterocycles. The highest BCUT2D eigenvalue weighted by Crippen LogP contribution is 2.13. The summed E-state index contributed by atoms with van der Waals surface area (Å²) in [6.07, 6.45) is 2.73. The molecular formula is C13H11ClN2O3. The second kappa shape index (κ2) is 5.67. The molecule has 0 bridgehead atoms. The van der Waals surface area contributed by atoms with Crippen molar-refractivity contribution in [2.24, 2.45) is 0 Å². The zero-order chi connectivity index (χ0) is 13.8. The van der Waals surface area contributed by atoms with Crippen molar-refractivity contribution in [1.29, 1.82) is 0 Å². The van der Waals surface area contributed by atoms with Crippen LogP contribution in [-0.4, -0.2) is 15.3 Å². The first kappa shape index (κ1) is 13.3. The molecule has 0 amide bonds. The van der Waals surface area contributed by atoms with Gasteiger partial charge in [-0.3, -0.25) is 9.36 Å². The number of hydrogen-bond donors (Lipinski definition) is 0. The normalized spacial score (nSPS) is 10.2. The van der Waals surface area contributed by atoms with Gasteiger partial charge < -0.3 is 4.74 Å². The fraction of sp³-hybridized carbons (Fsp3) is 0.154. The smallest absolute Gasteiger partial charge is 0.350 e. The highest BCUT2D eigenvalue weighted by Gasteiger charge is 2.01. The van der Waals surface area contributed by atoms with Crippen LogP contribution in [0.4, 0.5) is 0 Å². The van der Waals surface area contributed by atoms with E-state index in [1.165, 1.54) is 23.9 Å². The number of ether oxygens (including phenoxy) is 1. The van der Waals surface area contributed by atoms with E-state index in [1.54, 1.807) is 24.3 Å². The van der Waals surface area contributed by atoms with Crippen molar-refractivity contribution in [1.82, 2.24) is 9.55 Å². The number of carbonyl (C=O) groups excluding carboxylic acids is 1. The Kier molecular flexibility index (Phi) is 3.97. The number of halogens is 1. The van der Waals surface area contributed by atoms with Crippen molar-refractivity contribution < 1.29 is 9.53 Å². The maximum atomic E-state index is 11.4. The molecule has 1 aromatic carbocycles. The number of nitrogens with zero attached hydrogens (tertiary/aromatic N) is 2. The number of carbonyl (C=O) groups is 1. The van der Waals surface area contributed by atoms with Crippen LogP contribution >= 0.6 is 11.6 Å². The van der Waals surface area contributed by atoms with Crippen LogP contribution in [0.5, 0.6) is 5.75 Å². The molecule has 2 aromatic rings. The molecule has 0 aliphatic carbocycles. The molecule has 0 atom stereocenters. The second-order valence-corrected chi connectivity index (χ2v) is 4.31. The Morgan fingerprint density at radius 1 is 1.37 bits per heavy atom. The molecule has 98 valence electrons.